The van der Waals surface area contributed by atoms with Crippen molar-refractivity contribution in [1.29, 1.82) is 0 Å². The fourth-order valence-corrected chi connectivity index (χ4v) is 2.68. The Morgan fingerprint density at radius 1 is 1.40 bits per heavy atom. The molecule has 0 aliphatic heterocycles. The van der Waals surface area contributed by atoms with Gasteiger partial charge in [-0.3, -0.25) is 0 Å². The number of sulfonamides is 1. The first kappa shape index (κ1) is 17.2. The Labute approximate surface area is 120 Å². The SMILES string of the molecule is CCNCc1ccc(S(=O)(=O)NCCCC(C)CO)o1. The summed E-state index contributed by atoms with van der Waals surface area (Å²) < 4.78 is 31.7. The molecule has 116 valence electrons. The first-order valence-corrected chi connectivity index (χ1v) is 8.38. The number of rotatable bonds is 10. The van der Waals surface area contributed by atoms with Gasteiger partial charge in [-0.15, -0.1) is 0 Å². The lowest BCUT2D eigenvalue weighted by atomic mass is 10.1. The van der Waals surface area contributed by atoms with E-state index in [2.05, 4.69) is 10.0 Å². The summed E-state index contributed by atoms with van der Waals surface area (Å²) in [5, 5.41) is 11.9. The third kappa shape index (κ3) is 5.62. The Hall–Kier alpha value is -0.890. The maximum atomic E-state index is 12.0. The fraction of sp³-hybridized carbons (Fsp3) is 0.692. The van der Waals surface area contributed by atoms with Crippen molar-refractivity contribution in [1.82, 2.24) is 10.0 Å². The van der Waals surface area contributed by atoms with E-state index >= 15 is 0 Å². The zero-order valence-electron chi connectivity index (χ0n) is 12.1. The molecule has 0 bridgehead atoms. The molecule has 0 spiro atoms. The van der Waals surface area contributed by atoms with Crippen LogP contribution in [-0.2, 0) is 16.6 Å². The molecule has 0 amide bonds. The minimum Gasteiger partial charge on any atom is -0.447 e. The van der Waals surface area contributed by atoms with Crippen molar-refractivity contribution in [2.24, 2.45) is 5.92 Å². The minimum atomic E-state index is -3.58. The van der Waals surface area contributed by atoms with Gasteiger partial charge < -0.3 is 14.8 Å². The van der Waals surface area contributed by atoms with Crippen molar-refractivity contribution < 1.29 is 17.9 Å². The van der Waals surface area contributed by atoms with E-state index in [0.717, 1.165) is 13.0 Å². The molecule has 7 heteroatoms. The standard InChI is InChI=1S/C13H24N2O4S/c1-3-14-9-12-6-7-13(19-12)20(17,18)15-8-4-5-11(2)10-16/h6-7,11,14-16H,3-5,8-10H2,1-2H3. The van der Waals surface area contributed by atoms with E-state index in [1.54, 1.807) is 6.07 Å². The average Bonchev–Trinajstić information content (AvgIpc) is 2.90. The van der Waals surface area contributed by atoms with E-state index in [9.17, 15) is 8.42 Å². The van der Waals surface area contributed by atoms with Crippen LogP contribution in [0, 0.1) is 5.92 Å². The highest BCUT2D eigenvalue weighted by atomic mass is 32.2. The van der Waals surface area contributed by atoms with Crippen LogP contribution in [0.1, 0.15) is 32.4 Å². The molecule has 1 unspecified atom stereocenters. The number of furan rings is 1. The van der Waals surface area contributed by atoms with Crippen molar-refractivity contribution in [3.63, 3.8) is 0 Å². The number of hydrogen-bond donors (Lipinski definition) is 3. The number of nitrogens with one attached hydrogen (secondary N) is 2. The van der Waals surface area contributed by atoms with Gasteiger partial charge in [0.25, 0.3) is 10.0 Å². The van der Waals surface area contributed by atoms with Crippen molar-refractivity contribution >= 4 is 10.0 Å². The van der Waals surface area contributed by atoms with Gasteiger partial charge in [0.05, 0.1) is 6.54 Å². The Bertz CT molecular complexity index is 484. The molecular weight excluding hydrogens is 280 g/mol. The van der Waals surface area contributed by atoms with E-state index in [0.29, 0.717) is 25.3 Å². The van der Waals surface area contributed by atoms with E-state index in [4.69, 9.17) is 9.52 Å². The van der Waals surface area contributed by atoms with E-state index in [1.807, 2.05) is 13.8 Å². The van der Waals surface area contributed by atoms with Crippen LogP contribution in [0.3, 0.4) is 0 Å². The molecule has 1 rings (SSSR count). The molecule has 0 fully saturated rings. The normalized spacial score (nSPS) is 13.6. The zero-order chi connectivity index (χ0) is 15.0. The highest BCUT2D eigenvalue weighted by molar-refractivity contribution is 7.89. The van der Waals surface area contributed by atoms with E-state index in [-0.39, 0.29) is 17.6 Å². The molecule has 3 N–H and O–H groups in total. The van der Waals surface area contributed by atoms with Crippen LogP contribution in [-0.4, -0.2) is 33.2 Å². The van der Waals surface area contributed by atoms with Crippen molar-refractivity contribution in [3.8, 4) is 0 Å². The van der Waals surface area contributed by atoms with Crippen LogP contribution in [0.4, 0.5) is 0 Å². The second kappa shape index (κ2) is 8.41. The van der Waals surface area contributed by atoms with Gasteiger partial charge in [-0.1, -0.05) is 13.8 Å². The third-order valence-electron chi connectivity index (χ3n) is 2.93. The number of aliphatic hydroxyl groups is 1. The molecule has 6 nitrogen and oxygen atoms in total. The second-order valence-electron chi connectivity index (χ2n) is 4.83. The smallest absolute Gasteiger partial charge is 0.273 e. The lowest BCUT2D eigenvalue weighted by Gasteiger charge is -2.08. The van der Waals surface area contributed by atoms with Gasteiger partial charge in [0.2, 0.25) is 5.09 Å². The van der Waals surface area contributed by atoms with Gasteiger partial charge in [-0.05, 0) is 37.4 Å². The van der Waals surface area contributed by atoms with Gasteiger partial charge in [0, 0.05) is 13.2 Å². The molecule has 0 aromatic carbocycles. The number of aliphatic hydroxyl groups excluding tert-OH is 1. The zero-order valence-corrected chi connectivity index (χ0v) is 12.9. The predicted octanol–water partition coefficient (Wildman–Crippen LogP) is 1.08. The van der Waals surface area contributed by atoms with Gasteiger partial charge in [-0.25, -0.2) is 13.1 Å². The monoisotopic (exact) mass is 304 g/mol. The summed E-state index contributed by atoms with van der Waals surface area (Å²) in [5.41, 5.74) is 0. The summed E-state index contributed by atoms with van der Waals surface area (Å²) in [6.45, 7) is 5.67. The quantitative estimate of drug-likeness (QED) is 0.563. The maximum absolute atomic E-state index is 12.0. The van der Waals surface area contributed by atoms with Crippen molar-refractivity contribution in [2.75, 3.05) is 19.7 Å². The summed E-state index contributed by atoms with van der Waals surface area (Å²) in [6, 6.07) is 3.12. The lowest BCUT2D eigenvalue weighted by Crippen LogP contribution is -2.25. The fourth-order valence-electron chi connectivity index (χ4n) is 1.67. The average molecular weight is 304 g/mol. The molecule has 0 aliphatic rings. The lowest BCUT2D eigenvalue weighted by molar-refractivity contribution is 0.228. The Morgan fingerprint density at radius 2 is 2.15 bits per heavy atom. The molecule has 20 heavy (non-hydrogen) atoms. The summed E-state index contributed by atoms with van der Waals surface area (Å²) in [5.74, 6) is 0.788. The second-order valence-corrected chi connectivity index (χ2v) is 6.53. The molecule has 1 aromatic heterocycles. The maximum Gasteiger partial charge on any atom is 0.273 e. The summed E-state index contributed by atoms with van der Waals surface area (Å²) in [7, 11) is -3.58. The van der Waals surface area contributed by atoms with Crippen LogP contribution in [0.15, 0.2) is 21.6 Å². The van der Waals surface area contributed by atoms with Crippen LogP contribution in [0.2, 0.25) is 0 Å². The Balaban J connectivity index is 2.45. The largest absolute Gasteiger partial charge is 0.447 e. The highest BCUT2D eigenvalue weighted by Crippen LogP contribution is 2.14. The van der Waals surface area contributed by atoms with Gasteiger partial charge >= 0.3 is 0 Å². The third-order valence-corrected chi connectivity index (χ3v) is 4.26. The van der Waals surface area contributed by atoms with E-state index in [1.165, 1.54) is 6.07 Å². The highest BCUT2D eigenvalue weighted by Gasteiger charge is 2.18. The molecule has 0 saturated heterocycles. The van der Waals surface area contributed by atoms with Crippen molar-refractivity contribution in [3.05, 3.63) is 17.9 Å². The Kier molecular flexibility index (Phi) is 7.22. The molecule has 0 saturated carbocycles. The first-order chi connectivity index (χ1) is 9.49. The summed E-state index contributed by atoms with van der Waals surface area (Å²) in [4.78, 5) is 0. The van der Waals surface area contributed by atoms with E-state index < -0.39 is 10.0 Å². The van der Waals surface area contributed by atoms with Crippen LogP contribution >= 0.6 is 0 Å². The molecule has 0 aliphatic carbocycles. The Morgan fingerprint density at radius 3 is 2.80 bits per heavy atom. The number of hydrogen-bond acceptors (Lipinski definition) is 5. The minimum absolute atomic E-state index is 0.0550. The molecular formula is C13H24N2O4S. The van der Waals surface area contributed by atoms with Crippen LogP contribution in [0.25, 0.3) is 0 Å². The summed E-state index contributed by atoms with van der Waals surface area (Å²) in [6.07, 6.45) is 1.47. The van der Waals surface area contributed by atoms with Crippen molar-refractivity contribution in [2.45, 2.75) is 38.3 Å². The van der Waals surface area contributed by atoms with Gasteiger partial charge in [-0.2, -0.15) is 0 Å². The van der Waals surface area contributed by atoms with Crippen LogP contribution in [0.5, 0.6) is 0 Å². The van der Waals surface area contributed by atoms with Gasteiger partial charge in [0.1, 0.15) is 5.76 Å². The summed E-state index contributed by atoms with van der Waals surface area (Å²) >= 11 is 0. The molecule has 1 atom stereocenters. The predicted molar refractivity (Wildman–Crippen MR) is 76.8 cm³/mol. The molecule has 1 heterocycles. The topological polar surface area (TPSA) is 91.6 Å². The first-order valence-electron chi connectivity index (χ1n) is 6.89. The molecule has 0 radical (unpaired) electrons. The molecule has 1 aromatic rings. The van der Waals surface area contributed by atoms with Gasteiger partial charge in [0.15, 0.2) is 0 Å². The van der Waals surface area contributed by atoms with Crippen LogP contribution < -0.4 is 10.0 Å².